The number of nitrogens with one attached hydrogen (secondary N) is 2. The van der Waals surface area contributed by atoms with Gasteiger partial charge in [0.05, 0.1) is 11.8 Å². The Morgan fingerprint density at radius 3 is 2.78 bits per heavy atom. The first-order chi connectivity index (χ1) is 17.3. The molecule has 0 radical (unpaired) electrons. The fourth-order valence-corrected chi connectivity index (χ4v) is 4.42. The summed E-state index contributed by atoms with van der Waals surface area (Å²) in [6.07, 6.45) is 4.42. The number of rotatable bonds is 7. The number of anilines is 1. The molecule has 4 N–H and O–H groups in total. The van der Waals surface area contributed by atoms with Crippen LogP contribution in [0.2, 0.25) is 0 Å². The van der Waals surface area contributed by atoms with Crippen LogP contribution < -0.4 is 20.5 Å². The van der Waals surface area contributed by atoms with Gasteiger partial charge in [-0.2, -0.15) is 0 Å². The van der Waals surface area contributed by atoms with Crippen LogP contribution in [0.25, 0.3) is 11.1 Å². The fourth-order valence-electron chi connectivity index (χ4n) is 4.42. The molecule has 0 aliphatic carbocycles. The number of aliphatic hydroxyl groups excluding tert-OH is 1. The molecule has 2 aliphatic rings. The molecule has 9 nitrogen and oxygen atoms in total. The molecule has 0 spiro atoms. The number of benzene rings is 2. The van der Waals surface area contributed by atoms with Crippen molar-refractivity contribution in [2.75, 3.05) is 18.1 Å². The van der Waals surface area contributed by atoms with Gasteiger partial charge in [-0.15, -0.1) is 0 Å². The molecule has 186 valence electrons. The zero-order valence-electron chi connectivity index (χ0n) is 19.8. The third-order valence-corrected chi connectivity index (χ3v) is 6.58. The van der Waals surface area contributed by atoms with Gasteiger partial charge in [0, 0.05) is 31.0 Å². The second-order valence-electron chi connectivity index (χ2n) is 9.27. The summed E-state index contributed by atoms with van der Waals surface area (Å²) >= 11 is 0. The number of aromatic nitrogens is 1. The molecule has 3 atom stereocenters. The third-order valence-electron chi connectivity index (χ3n) is 6.58. The van der Waals surface area contributed by atoms with E-state index < -0.39 is 23.5 Å². The van der Waals surface area contributed by atoms with Crippen molar-refractivity contribution < 1.29 is 24.5 Å². The van der Waals surface area contributed by atoms with Gasteiger partial charge in [-0.05, 0) is 66.8 Å². The summed E-state index contributed by atoms with van der Waals surface area (Å²) in [5.41, 5.74) is 4.52. The van der Waals surface area contributed by atoms with Crippen molar-refractivity contribution in [1.82, 2.24) is 15.7 Å². The molecular weight excluding hydrogens is 460 g/mol. The highest BCUT2D eigenvalue weighted by Gasteiger charge is 2.50. The van der Waals surface area contributed by atoms with Crippen LogP contribution in [0.1, 0.15) is 30.6 Å². The molecule has 2 aromatic carbocycles. The normalized spacial score (nSPS) is 22.1. The van der Waals surface area contributed by atoms with E-state index in [1.165, 1.54) is 6.92 Å². The van der Waals surface area contributed by atoms with Crippen molar-refractivity contribution in [2.45, 2.75) is 37.6 Å². The van der Waals surface area contributed by atoms with Crippen LogP contribution in [0.4, 0.5) is 5.69 Å². The van der Waals surface area contributed by atoms with Crippen LogP contribution in [0.15, 0.2) is 67.0 Å². The molecule has 3 unspecified atom stereocenters. The van der Waals surface area contributed by atoms with E-state index in [1.54, 1.807) is 36.7 Å². The molecule has 1 fully saturated rings. The predicted octanol–water partition coefficient (Wildman–Crippen LogP) is 1.89. The van der Waals surface area contributed by atoms with Gasteiger partial charge in [0.1, 0.15) is 11.9 Å². The van der Waals surface area contributed by atoms with Crippen molar-refractivity contribution in [1.29, 1.82) is 0 Å². The predicted molar refractivity (Wildman–Crippen MR) is 133 cm³/mol. The van der Waals surface area contributed by atoms with E-state index in [-0.39, 0.29) is 6.10 Å². The number of aryl methyl sites for hydroxylation is 1. The summed E-state index contributed by atoms with van der Waals surface area (Å²) in [6.45, 7) is 2.23. The van der Waals surface area contributed by atoms with Crippen molar-refractivity contribution >= 4 is 17.5 Å². The Labute approximate surface area is 208 Å². The van der Waals surface area contributed by atoms with Crippen molar-refractivity contribution in [3.8, 4) is 16.9 Å². The molecule has 0 saturated carbocycles. The van der Waals surface area contributed by atoms with E-state index in [4.69, 9.17) is 4.74 Å². The molecule has 5 rings (SSSR count). The van der Waals surface area contributed by atoms with E-state index in [0.29, 0.717) is 18.8 Å². The van der Waals surface area contributed by atoms with E-state index >= 15 is 0 Å². The number of ether oxygens (including phenoxy) is 1. The Morgan fingerprint density at radius 2 is 2.03 bits per heavy atom. The number of hydrogen-bond acceptors (Lipinski definition) is 7. The number of hydrazine groups is 1. The maximum absolute atomic E-state index is 12.4. The van der Waals surface area contributed by atoms with Crippen molar-refractivity contribution in [2.24, 2.45) is 0 Å². The van der Waals surface area contributed by atoms with Crippen LogP contribution in [0.5, 0.6) is 5.75 Å². The first kappa shape index (κ1) is 23.9. The number of pyridine rings is 1. The second-order valence-corrected chi connectivity index (χ2v) is 9.27. The van der Waals surface area contributed by atoms with Gasteiger partial charge in [-0.3, -0.25) is 20.0 Å². The monoisotopic (exact) mass is 488 g/mol. The zero-order valence-corrected chi connectivity index (χ0v) is 19.8. The van der Waals surface area contributed by atoms with Gasteiger partial charge in [0.2, 0.25) is 5.60 Å². The summed E-state index contributed by atoms with van der Waals surface area (Å²) in [4.78, 5) is 28.4. The molecule has 36 heavy (non-hydrogen) atoms. The molecule has 2 aliphatic heterocycles. The maximum atomic E-state index is 12.4. The van der Waals surface area contributed by atoms with Crippen LogP contribution in [0, 0.1) is 0 Å². The van der Waals surface area contributed by atoms with Crippen LogP contribution >= 0.6 is 0 Å². The molecule has 1 saturated heterocycles. The van der Waals surface area contributed by atoms with Crippen molar-refractivity contribution in [3.05, 3.63) is 78.1 Å². The molecule has 3 aromatic rings. The summed E-state index contributed by atoms with van der Waals surface area (Å²) in [5.74, 6) is -0.630. The van der Waals surface area contributed by atoms with Crippen LogP contribution in [-0.2, 0) is 16.0 Å². The molecule has 0 bridgehead atoms. The van der Waals surface area contributed by atoms with E-state index in [2.05, 4.69) is 21.8 Å². The van der Waals surface area contributed by atoms with Crippen molar-refractivity contribution in [3.63, 3.8) is 0 Å². The quantitative estimate of drug-likeness (QED) is 0.375. The Bertz CT molecular complexity index is 1280. The lowest BCUT2D eigenvalue weighted by Crippen LogP contribution is -2.40. The average Bonchev–Trinajstić information content (AvgIpc) is 3.11. The molecule has 2 amide bonds. The SMILES string of the molecule is CC1(O)C(=O)NN(c2cccc(-c3ccc4c(c3)CCC(CNCC(O)c3cccnc3)O4)c2)C1=O. The molecule has 9 heteroatoms. The number of carbonyl (C=O) groups is 2. The van der Waals surface area contributed by atoms with Crippen LogP contribution in [0.3, 0.4) is 0 Å². The van der Waals surface area contributed by atoms with Gasteiger partial charge in [-0.1, -0.05) is 24.3 Å². The fraction of sp³-hybridized carbons (Fsp3) is 0.296. The topological polar surface area (TPSA) is 124 Å². The number of hydrogen-bond donors (Lipinski definition) is 4. The molecule has 3 heterocycles. The van der Waals surface area contributed by atoms with Gasteiger partial charge >= 0.3 is 0 Å². The van der Waals surface area contributed by atoms with E-state index in [1.807, 2.05) is 24.3 Å². The standard InChI is InChI=1S/C27H28N4O5/c1-27(35)25(33)30-31(26(27)34)21-6-2-4-17(13-21)18-8-10-24-19(12-18)7-9-22(36-24)15-29-16-23(32)20-5-3-11-28-14-20/h2-6,8,10-14,22-23,29,32,35H,7,9,15-16H2,1H3,(H,30,33). The van der Waals surface area contributed by atoms with Crippen LogP contribution in [-0.4, -0.2) is 51.8 Å². The minimum Gasteiger partial charge on any atom is -0.489 e. The molecular formula is C27H28N4O5. The largest absolute Gasteiger partial charge is 0.489 e. The summed E-state index contributed by atoms with van der Waals surface area (Å²) in [6, 6.07) is 16.9. The van der Waals surface area contributed by atoms with E-state index in [0.717, 1.165) is 45.9 Å². The summed E-state index contributed by atoms with van der Waals surface area (Å²) < 4.78 is 6.18. The highest BCUT2D eigenvalue weighted by Crippen LogP contribution is 2.34. The Kier molecular flexibility index (Phi) is 6.44. The second kappa shape index (κ2) is 9.69. The highest BCUT2D eigenvalue weighted by molar-refractivity contribution is 6.20. The maximum Gasteiger partial charge on any atom is 0.287 e. The van der Waals surface area contributed by atoms with Gasteiger partial charge in [0.25, 0.3) is 11.8 Å². The lowest BCUT2D eigenvalue weighted by atomic mass is 9.96. The number of carbonyl (C=O) groups excluding carboxylic acids is 2. The minimum absolute atomic E-state index is 0.00496. The number of fused-ring (bicyclic) bond motifs is 1. The Morgan fingerprint density at radius 1 is 1.19 bits per heavy atom. The number of nitrogens with zero attached hydrogens (tertiary/aromatic N) is 2. The Balaban J connectivity index is 1.22. The zero-order chi connectivity index (χ0) is 25.3. The average molecular weight is 489 g/mol. The van der Waals surface area contributed by atoms with E-state index in [9.17, 15) is 19.8 Å². The molecule has 1 aromatic heterocycles. The Hall–Kier alpha value is -3.79. The third kappa shape index (κ3) is 4.68. The minimum atomic E-state index is -2.08. The lowest BCUT2D eigenvalue weighted by molar-refractivity contribution is -0.142. The first-order valence-electron chi connectivity index (χ1n) is 11.9. The van der Waals surface area contributed by atoms with Gasteiger partial charge in [-0.25, -0.2) is 5.01 Å². The summed E-state index contributed by atoms with van der Waals surface area (Å²) in [7, 11) is 0. The first-order valence-corrected chi connectivity index (χ1v) is 11.9. The highest BCUT2D eigenvalue weighted by atomic mass is 16.5. The number of aliphatic hydroxyl groups is 2. The lowest BCUT2D eigenvalue weighted by Gasteiger charge is -2.27. The van der Waals surface area contributed by atoms with Gasteiger partial charge < -0.3 is 20.3 Å². The smallest absolute Gasteiger partial charge is 0.287 e. The number of amides is 2. The van der Waals surface area contributed by atoms with Gasteiger partial charge in [0.15, 0.2) is 0 Å². The summed E-state index contributed by atoms with van der Waals surface area (Å²) in [5, 5.41) is 24.8.